The van der Waals surface area contributed by atoms with Gasteiger partial charge in [-0.05, 0) is 42.8 Å². The van der Waals surface area contributed by atoms with E-state index < -0.39 is 18.9 Å². The van der Waals surface area contributed by atoms with E-state index >= 15 is 0 Å². The van der Waals surface area contributed by atoms with E-state index in [0.29, 0.717) is 34.8 Å². The highest BCUT2D eigenvalue weighted by atomic mass is 19.3. The van der Waals surface area contributed by atoms with Crippen LogP contribution < -0.4 is 5.73 Å². The van der Waals surface area contributed by atoms with Crippen molar-refractivity contribution in [2.24, 2.45) is 0 Å². The Morgan fingerprint density at radius 3 is 2.94 bits per heavy atom. The van der Waals surface area contributed by atoms with Gasteiger partial charge in [0.2, 0.25) is 0 Å². The fourth-order valence-corrected chi connectivity index (χ4v) is 4.23. The van der Waals surface area contributed by atoms with E-state index in [1.807, 2.05) is 31.3 Å². The Bertz CT molecular complexity index is 1300. The molecule has 0 bridgehead atoms. The minimum absolute atomic E-state index is 0.0267. The minimum Gasteiger partial charge on any atom is -0.383 e. The second-order valence-corrected chi connectivity index (χ2v) is 7.85. The molecule has 4 aromatic rings. The van der Waals surface area contributed by atoms with Crippen LogP contribution in [-0.4, -0.2) is 38.1 Å². The number of pyridine rings is 2. The average Bonchev–Trinajstić information content (AvgIpc) is 3.36. The summed E-state index contributed by atoms with van der Waals surface area (Å²) >= 11 is 0. The smallest absolute Gasteiger partial charge is 0.255 e. The molecule has 1 aliphatic heterocycles. The van der Waals surface area contributed by atoms with Crippen molar-refractivity contribution in [1.82, 2.24) is 19.3 Å². The Morgan fingerprint density at radius 1 is 1.31 bits per heavy atom. The first kappa shape index (κ1) is 20.3. The predicted molar refractivity (Wildman–Crippen MR) is 115 cm³/mol. The normalized spacial score (nSPS) is 15.6. The van der Waals surface area contributed by atoms with E-state index in [-0.39, 0.29) is 12.6 Å². The molecule has 3 aromatic heterocycles. The molecule has 1 amide bonds. The third kappa shape index (κ3) is 3.54. The number of anilines is 1. The Kier molecular flexibility index (Phi) is 4.97. The van der Waals surface area contributed by atoms with Gasteiger partial charge in [-0.3, -0.25) is 4.79 Å². The highest BCUT2D eigenvalue weighted by Crippen LogP contribution is 2.38. The minimum atomic E-state index is -2.67. The lowest BCUT2D eigenvalue weighted by Gasteiger charge is -2.22. The van der Waals surface area contributed by atoms with Crippen LogP contribution in [0.15, 0.2) is 48.8 Å². The SMILES string of the molecule is CC1OCc2c1c(N)nc1ccc(C(=O)N(Cc3cn4ccccc4n3)CC(F)F)cc21. The number of alkyl halides is 2. The van der Waals surface area contributed by atoms with Crippen molar-refractivity contribution >= 4 is 28.3 Å². The molecule has 0 aliphatic carbocycles. The van der Waals surface area contributed by atoms with Crippen LogP contribution in [0, 0.1) is 0 Å². The van der Waals surface area contributed by atoms with Crippen LogP contribution >= 0.6 is 0 Å². The van der Waals surface area contributed by atoms with Gasteiger partial charge in [0.25, 0.3) is 12.3 Å². The van der Waals surface area contributed by atoms with Gasteiger partial charge in [0.1, 0.15) is 11.5 Å². The number of carbonyl (C=O) groups is 1. The summed E-state index contributed by atoms with van der Waals surface area (Å²) < 4.78 is 34.1. The molecule has 5 rings (SSSR count). The average molecular weight is 437 g/mol. The molecule has 1 atom stereocenters. The lowest BCUT2D eigenvalue weighted by atomic mass is 10.00. The van der Waals surface area contributed by atoms with E-state index in [4.69, 9.17) is 10.5 Å². The molecular weight excluding hydrogens is 416 g/mol. The lowest BCUT2D eigenvalue weighted by molar-refractivity contribution is 0.0532. The molecule has 7 nitrogen and oxygen atoms in total. The topological polar surface area (TPSA) is 85.8 Å². The molecule has 0 saturated carbocycles. The molecule has 164 valence electrons. The highest BCUT2D eigenvalue weighted by molar-refractivity contribution is 5.99. The third-order valence-corrected chi connectivity index (χ3v) is 5.71. The fraction of sp³-hybridized carbons (Fsp3) is 0.261. The summed E-state index contributed by atoms with van der Waals surface area (Å²) in [6, 6.07) is 10.5. The first-order valence-corrected chi connectivity index (χ1v) is 10.2. The van der Waals surface area contributed by atoms with Crippen LogP contribution in [0.5, 0.6) is 0 Å². The highest BCUT2D eigenvalue weighted by Gasteiger charge is 2.27. The number of benzene rings is 1. The van der Waals surface area contributed by atoms with Crippen LogP contribution in [0.25, 0.3) is 16.6 Å². The van der Waals surface area contributed by atoms with Gasteiger partial charge in [-0.25, -0.2) is 18.7 Å². The Hall–Kier alpha value is -3.59. The summed E-state index contributed by atoms with van der Waals surface area (Å²) in [7, 11) is 0. The molecule has 1 aliphatic rings. The molecule has 0 fully saturated rings. The number of nitrogen functional groups attached to an aromatic ring is 1. The summed E-state index contributed by atoms with van der Waals surface area (Å²) in [5.41, 5.74) is 9.94. The molecule has 2 N–H and O–H groups in total. The molecular formula is C23H21F2N5O2. The molecule has 4 heterocycles. The number of nitrogens with zero attached hydrogens (tertiary/aromatic N) is 4. The first-order valence-electron chi connectivity index (χ1n) is 10.2. The van der Waals surface area contributed by atoms with Crippen molar-refractivity contribution in [2.45, 2.75) is 32.6 Å². The maximum Gasteiger partial charge on any atom is 0.255 e. The summed E-state index contributed by atoms with van der Waals surface area (Å²) in [5.74, 6) is -0.0930. The van der Waals surface area contributed by atoms with Crippen molar-refractivity contribution in [2.75, 3.05) is 12.3 Å². The number of hydrogen-bond acceptors (Lipinski definition) is 5. The predicted octanol–water partition coefficient (Wildman–Crippen LogP) is 3.96. The van der Waals surface area contributed by atoms with Gasteiger partial charge in [-0.2, -0.15) is 0 Å². The van der Waals surface area contributed by atoms with E-state index in [0.717, 1.165) is 21.4 Å². The quantitative estimate of drug-likeness (QED) is 0.511. The molecule has 1 unspecified atom stereocenters. The molecule has 32 heavy (non-hydrogen) atoms. The van der Waals surface area contributed by atoms with Crippen molar-refractivity contribution in [3.8, 4) is 0 Å². The number of imidazole rings is 1. The van der Waals surface area contributed by atoms with E-state index in [1.54, 1.807) is 28.8 Å². The fourth-order valence-electron chi connectivity index (χ4n) is 4.23. The summed E-state index contributed by atoms with van der Waals surface area (Å²) in [6.07, 6.45) is 0.694. The summed E-state index contributed by atoms with van der Waals surface area (Å²) in [4.78, 5) is 23.2. The molecule has 0 saturated heterocycles. The number of fused-ring (bicyclic) bond motifs is 4. The Balaban J connectivity index is 1.51. The zero-order valence-corrected chi connectivity index (χ0v) is 17.3. The molecule has 0 radical (unpaired) electrons. The largest absolute Gasteiger partial charge is 0.383 e. The monoisotopic (exact) mass is 437 g/mol. The number of ether oxygens (including phenoxy) is 1. The van der Waals surface area contributed by atoms with Crippen molar-refractivity contribution in [3.05, 3.63) is 71.2 Å². The summed E-state index contributed by atoms with van der Waals surface area (Å²) in [6.45, 7) is 1.54. The van der Waals surface area contributed by atoms with Crippen molar-refractivity contribution < 1.29 is 18.3 Å². The number of aromatic nitrogens is 3. The number of amides is 1. The van der Waals surface area contributed by atoms with Crippen LogP contribution in [0.3, 0.4) is 0 Å². The number of rotatable bonds is 5. The van der Waals surface area contributed by atoms with E-state index in [2.05, 4.69) is 9.97 Å². The molecule has 9 heteroatoms. The van der Waals surface area contributed by atoms with Gasteiger partial charge in [-0.1, -0.05) is 6.07 Å². The van der Waals surface area contributed by atoms with Gasteiger partial charge in [-0.15, -0.1) is 0 Å². The summed E-state index contributed by atoms with van der Waals surface area (Å²) in [5, 5.41) is 0.745. The zero-order chi connectivity index (χ0) is 22.4. The number of hydrogen-bond donors (Lipinski definition) is 1. The second-order valence-electron chi connectivity index (χ2n) is 7.85. The van der Waals surface area contributed by atoms with Crippen molar-refractivity contribution in [1.29, 1.82) is 0 Å². The second kappa shape index (κ2) is 7.83. The number of carbonyl (C=O) groups excluding carboxylic acids is 1. The lowest BCUT2D eigenvalue weighted by Crippen LogP contribution is -2.34. The molecule has 1 aromatic carbocycles. The number of halogens is 2. The maximum absolute atomic E-state index is 13.3. The zero-order valence-electron chi connectivity index (χ0n) is 17.3. The molecule has 0 spiro atoms. The Labute approximate surface area is 182 Å². The van der Waals surface area contributed by atoms with Gasteiger partial charge in [0.15, 0.2) is 0 Å². The van der Waals surface area contributed by atoms with Crippen LogP contribution in [0.1, 0.15) is 40.2 Å². The van der Waals surface area contributed by atoms with Crippen LogP contribution in [0.4, 0.5) is 14.6 Å². The van der Waals surface area contributed by atoms with E-state index in [9.17, 15) is 13.6 Å². The van der Waals surface area contributed by atoms with Gasteiger partial charge in [0, 0.05) is 28.9 Å². The van der Waals surface area contributed by atoms with Gasteiger partial charge >= 0.3 is 0 Å². The van der Waals surface area contributed by atoms with Crippen LogP contribution in [-0.2, 0) is 17.9 Å². The van der Waals surface area contributed by atoms with Crippen LogP contribution in [0.2, 0.25) is 0 Å². The van der Waals surface area contributed by atoms with Gasteiger partial charge in [0.05, 0.1) is 37.0 Å². The van der Waals surface area contributed by atoms with Crippen molar-refractivity contribution in [3.63, 3.8) is 0 Å². The number of nitrogens with two attached hydrogens (primary N) is 1. The van der Waals surface area contributed by atoms with E-state index in [1.165, 1.54) is 0 Å². The Morgan fingerprint density at radius 2 is 2.16 bits per heavy atom. The third-order valence-electron chi connectivity index (χ3n) is 5.71. The standard InChI is InChI=1S/C23H21F2N5O2/c1-13-21-17(12-32-13)16-8-14(5-6-18(16)28-22(21)26)23(31)30(11-19(24)25)10-15-9-29-7-3-2-4-20(29)27-15/h2-9,13,19H,10-12H2,1H3,(H2,26,28). The first-order chi connectivity index (χ1) is 15.4. The maximum atomic E-state index is 13.3. The van der Waals surface area contributed by atoms with Gasteiger partial charge < -0.3 is 19.8 Å².